The second-order valence-corrected chi connectivity index (χ2v) is 5.97. The Hall–Kier alpha value is -3.12. The number of benzene rings is 2. The Balaban J connectivity index is 2.25. The van der Waals surface area contributed by atoms with E-state index >= 15 is 0 Å². The second kappa shape index (κ2) is 10.1. The standard InChI is InChI=1S/C21H27N5O/c1-4-26(5-2)19-13-11-17(12-14-19)15-20(21(27)23-22)16(3)24-25-18-9-7-6-8-10-18/h6-15,25H,4-5,22H2,1-3H3,(H,23,27)/b20-15-,24-16+. The monoisotopic (exact) mass is 365 g/mol. The number of hydrazone groups is 1. The predicted octanol–water partition coefficient (Wildman–Crippen LogP) is 3.39. The van der Waals surface area contributed by atoms with Crippen molar-refractivity contribution in [2.75, 3.05) is 23.4 Å². The molecule has 0 aliphatic heterocycles. The molecule has 0 atom stereocenters. The van der Waals surface area contributed by atoms with Crippen LogP contribution in [-0.4, -0.2) is 24.7 Å². The summed E-state index contributed by atoms with van der Waals surface area (Å²) in [4.78, 5) is 14.5. The van der Waals surface area contributed by atoms with Gasteiger partial charge in [0.15, 0.2) is 0 Å². The van der Waals surface area contributed by atoms with Gasteiger partial charge in [-0.25, -0.2) is 5.84 Å². The lowest BCUT2D eigenvalue weighted by Crippen LogP contribution is -2.33. The molecule has 6 heteroatoms. The van der Waals surface area contributed by atoms with Crippen LogP contribution in [0.5, 0.6) is 0 Å². The van der Waals surface area contributed by atoms with Gasteiger partial charge in [0.05, 0.1) is 17.0 Å². The predicted molar refractivity (Wildman–Crippen MR) is 113 cm³/mol. The lowest BCUT2D eigenvalue weighted by atomic mass is 10.1. The van der Waals surface area contributed by atoms with E-state index in [0.29, 0.717) is 11.3 Å². The largest absolute Gasteiger partial charge is 0.372 e. The molecule has 0 aliphatic rings. The Morgan fingerprint density at radius 2 is 1.70 bits per heavy atom. The molecule has 0 saturated heterocycles. The summed E-state index contributed by atoms with van der Waals surface area (Å²) < 4.78 is 0. The van der Waals surface area contributed by atoms with Gasteiger partial charge in [-0.05, 0) is 56.7 Å². The maximum absolute atomic E-state index is 12.2. The fourth-order valence-electron chi connectivity index (χ4n) is 2.67. The van der Waals surface area contributed by atoms with Crippen molar-refractivity contribution < 1.29 is 4.79 Å². The van der Waals surface area contributed by atoms with Crippen LogP contribution in [0.2, 0.25) is 0 Å². The molecule has 4 N–H and O–H groups in total. The van der Waals surface area contributed by atoms with Gasteiger partial charge in [-0.1, -0.05) is 30.3 Å². The van der Waals surface area contributed by atoms with E-state index in [1.54, 1.807) is 13.0 Å². The van der Waals surface area contributed by atoms with E-state index in [1.165, 1.54) is 0 Å². The van der Waals surface area contributed by atoms with Gasteiger partial charge in [0.1, 0.15) is 0 Å². The number of anilines is 2. The van der Waals surface area contributed by atoms with Crippen molar-refractivity contribution in [1.82, 2.24) is 5.43 Å². The number of amides is 1. The minimum atomic E-state index is -0.390. The van der Waals surface area contributed by atoms with Crippen LogP contribution in [0.1, 0.15) is 26.3 Å². The van der Waals surface area contributed by atoms with Crippen molar-refractivity contribution in [1.29, 1.82) is 0 Å². The fraction of sp³-hybridized carbons (Fsp3) is 0.238. The van der Waals surface area contributed by atoms with Gasteiger partial charge < -0.3 is 4.90 Å². The fourth-order valence-corrected chi connectivity index (χ4v) is 2.67. The first-order chi connectivity index (χ1) is 13.1. The number of rotatable bonds is 8. The molecule has 2 aromatic rings. The smallest absolute Gasteiger partial charge is 0.267 e. The second-order valence-electron chi connectivity index (χ2n) is 5.97. The molecule has 142 valence electrons. The third kappa shape index (κ3) is 5.69. The van der Waals surface area contributed by atoms with Crippen molar-refractivity contribution >= 4 is 29.1 Å². The van der Waals surface area contributed by atoms with Crippen LogP contribution in [0.15, 0.2) is 65.3 Å². The van der Waals surface area contributed by atoms with Crippen LogP contribution in [0.4, 0.5) is 11.4 Å². The number of carbonyl (C=O) groups excluding carboxylic acids is 1. The summed E-state index contributed by atoms with van der Waals surface area (Å²) >= 11 is 0. The molecule has 1 amide bonds. The molecule has 0 fully saturated rings. The van der Waals surface area contributed by atoms with Crippen molar-refractivity contribution in [3.8, 4) is 0 Å². The third-order valence-electron chi connectivity index (χ3n) is 4.22. The van der Waals surface area contributed by atoms with Crippen molar-refractivity contribution in [2.45, 2.75) is 20.8 Å². The molecule has 0 radical (unpaired) electrons. The minimum absolute atomic E-state index is 0.390. The number of hydrazine groups is 1. The van der Waals surface area contributed by atoms with Crippen molar-refractivity contribution in [3.63, 3.8) is 0 Å². The number of nitrogens with two attached hydrogens (primary N) is 1. The lowest BCUT2D eigenvalue weighted by molar-refractivity contribution is -0.117. The van der Waals surface area contributed by atoms with E-state index in [-0.39, 0.29) is 5.91 Å². The molecule has 0 heterocycles. The maximum Gasteiger partial charge on any atom is 0.267 e. The van der Waals surface area contributed by atoms with E-state index in [9.17, 15) is 4.79 Å². The van der Waals surface area contributed by atoms with Crippen LogP contribution < -0.4 is 21.6 Å². The topological polar surface area (TPSA) is 82.8 Å². The molecule has 6 nitrogen and oxygen atoms in total. The number of nitrogens with zero attached hydrogens (tertiary/aromatic N) is 2. The Labute approximate surface area is 160 Å². The van der Waals surface area contributed by atoms with Crippen LogP contribution in [-0.2, 0) is 4.79 Å². The van der Waals surface area contributed by atoms with E-state index in [1.807, 2.05) is 54.6 Å². The van der Waals surface area contributed by atoms with Crippen molar-refractivity contribution in [3.05, 3.63) is 65.7 Å². The molecule has 0 bridgehead atoms. The van der Waals surface area contributed by atoms with E-state index in [4.69, 9.17) is 5.84 Å². The summed E-state index contributed by atoms with van der Waals surface area (Å²) in [7, 11) is 0. The van der Waals surface area contributed by atoms with Crippen LogP contribution >= 0.6 is 0 Å². The molecular formula is C21H27N5O. The highest BCUT2D eigenvalue weighted by Crippen LogP contribution is 2.17. The van der Waals surface area contributed by atoms with Gasteiger partial charge in [0.25, 0.3) is 5.91 Å². The summed E-state index contributed by atoms with van der Waals surface area (Å²) in [6.45, 7) is 7.91. The Kier molecular flexibility index (Phi) is 7.58. The molecule has 0 unspecified atom stereocenters. The van der Waals surface area contributed by atoms with Crippen LogP contribution in [0.3, 0.4) is 0 Å². The number of carbonyl (C=O) groups is 1. The summed E-state index contributed by atoms with van der Waals surface area (Å²) in [5.41, 5.74) is 8.97. The van der Waals surface area contributed by atoms with E-state index in [2.05, 4.69) is 34.7 Å². The summed E-state index contributed by atoms with van der Waals surface area (Å²) in [5, 5.41) is 4.31. The Morgan fingerprint density at radius 1 is 1.07 bits per heavy atom. The normalized spacial score (nSPS) is 11.9. The van der Waals surface area contributed by atoms with Crippen molar-refractivity contribution in [2.24, 2.45) is 10.9 Å². The van der Waals surface area contributed by atoms with Gasteiger partial charge >= 0.3 is 0 Å². The highest BCUT2D eigenvalue weighted by Gasteiger charge is 2.12. The van der Waals surface area contributed by atoms with Gasteiger partial charge in [-0.2, -0.15) is 5.10 Å². The third-order valence-corrected chi connectivity index (χ3v) is 4.22. The lowest BCUT2D eigenvalue weighted by Gasteiger charge is -2.20. The number of hydrogen-bond donors (Lipinski definition) is 3. The molecule has 27 heavy (non-hydrogen) atoms. The maximum atomic E-state index is 12.2. The summed E-state index contributed by atoms with van der Waals surface area (Å²) in [5.74, 6) is 4.96. The van der Waals surface area contributed by atoms with Crippen LogP contribution in [0.25, 0.3) is 6.08 Å². The Bertz CT molecular complexity index is 793. The average molecular weight is 365 g/mol. The zero-order chi connectivity index (χ0) is 19.6. The van der Waals surface area contributed by atoms with Gasteiger partial charge in [-0.15, -0.1) is 0 Å². The summed E-state index contributed by atoms with van der Waals surface area (Å²) in [6.07, 6.45) is 1.78. The highest BCUT2D eigenvalue weighted by atomic mass is 16.2. The average Bonchev–Trinajstić information content (AvgIpc) is 2.72. The summed E-state index contributed by atoms with van der Waals surface area (Å²) in [6, 6.07) is 17.6. The Morgan fingerprint density at radius 3 is 2.26 bits per heavy atom. The first-order valence-electron chi connectivity index (χ1n) is 9.02. The first kappa shape index (κ1) is 20.2. The van der Waals surface area contributed by atoms with E-state index in [0.717, 1.165) is 30.0 Å². The zero-order valence-corrected chi connectivity index (χ0v) is 16.1. The minimum Gasteiger partial charge on any atom is -0.372 e. The van der Waals surface area contributed by atoms with Crippen LogP contribution in [0, 0.1) is 0 Å². The molecule has 0 aromatic heterocycles. The zero-order valence-electron chi connectivity index (χ0n) is 16.1. The van der Waals surface area contributed by atoms with Gasteiger partial charge in [0.2, 0.25) is 0 Å². The number of para-hydroxylation sites is 1. The molecule has 2 rings (SSSR count). The molecule has 0 saturated carbocycles. The van der Waals surface area contributed by atoms with E-state index < -0.39 is 0 Å². The molecular weight excluding hydrogens is 338 g/mol. The quantitative estimate of drug-likeness (QED) is 0.220. The molecule has 2 aromatic carbocycles. The van der Waals surface area contributed by atoms with Gasteiger partial charge in [-0.3, -0.25) is 15.6 Å². The highest BCUT2D eigenvalue weighted by molar-refractivity contribution is 6.23. The first-order valence-corrected chi connectivity index (χ1v) is 9.02. The SMILES string of the molecule is CCN(CC)c1ccc(/C=C(C(=O)NN)/C(C)=N/Nc2ccccc2)cc1. The molecule has 0 spiro atoms. The molecule has 0 aliphatic carbocycles. The number of hydrogen-bond acceptors (Lipinski definition) is 5. The van der Waals surface area contributed by atoms with Gasteiger partial charge in [0, 0.05) is 18.8 Å². The number of nitrogens with one attached hydrogen (secondary N) is 2.